The lowest BCUT2D eigenvalue weighted by Gasteiger charge is -2.56. The van der Waals surface area contributed by atoms with E-state index in [1.165, 1.54) is 0 Å². The Morgan fingerprint density at radius 2 is 1.52 bits per heavy atom. The number of hydrogen-bond donors (Lipinski definition) is 3. The molecule has 3 N–H and O–H groups in total. The van der Waals surface area contributed by atoms with Crippen molar-refractivity contribution in [3.8, 4) is 0 Å². The zero-order valence-corrected chi connectivity index (χ0v) is 17.9. The predicted molar refractivity (Wildman–Crippen MR) is 113 cm³/mol. The molecule has 1 unspecified atom stereocenters. The molecule has 2 fully saturated rings. The Bertz CT molecular complexity index is 796. The van der Waals surface area contributed by atoms with Gasteiger partial charge in [-0.05, 0) is 46.2 Å². The number of nitrogens with zero attached hydrogens (tertiary/aromatic N) is 3. The van der Waals surface area contributed by atoms with E-state index in [2.05, 4.69) is 46.4 Å². The lowest BCUT2D eigenvalue weighted by molar-refractivity contribution is -1.26. The van der Waals surface area contributed by atoms with E-state index in [4.69, 9.17) is 23.2 Å². The minimum absolute atomic E-state index is 0.00849. The molecule has 4 rings (SSSR count). The van der Waals surface area contributed by atoms with Crippen LogP contribution in [0.15, 0.2) is 60.7 Å². The molecular formula is C21H27Cl2N4O2+. The van der Waals surface area contributed by atoms with Crippen LogP contribution in [0.4, 0.5) is 0 Å². The third-order valence-electron chi connectivity index (χ3n) is 6.19. The summed E-state index contributed by atoms with van der Waals surface area (Å²) in [5.74, 6) is 0. The molecule has 2 saturated heterocycles. The molecule has 1 atom stereocenters. The van der Waals surface area contributed by atoms with Crippen molar-refractivity contribution in [2.75, 3.05) is 39.8 Å². The van der Waals surface area contributed by atoms with Gasteiger partial charge in [0.2, 0.25) is 0 Å². The van der Waals surface area contributed by atoms with Gasteiger partial charge in [0.25, 0.3) is 0 Å². The van der Waals surface area contributed by atoms with Gasteiger partial charge in [0.1, 0.15) is 5.54 Å². The molecule has 156 valence electrons. The molecule has 0 aromatic heterocycles. The fourth-order valence-electron chi connectivity index (χ4n) is 4.69. The molecule has 2 aliphatic rings. The van der Waals surface area contributed by atoms with Gasteiger partial charge in [0, 0.05) is 13.1 Å². The van der Waals surface area contributed by atoms with Crippen molar-refractivity contribution in [3.05, 3.63) is 71.8 Å². The summed E-state index contributed by atoms with van der Waals surface area (Å²) in [7, 11) is 2.13. The van der Waals surface area contributed by atoms with E-state index < -0.39 is 14.8 Å². The summed E-state index contributed by atoms with van der Waals surface area (Å²) < 4.78 is -1.74. The van der Waals surface area contributed by atoms with Crippen LogP contribution < -0.4 is 5.32 Å². The highest BCUT2D eigenvalue weighted by molar-refractivity contribution is 6.47. The van der Waals surface area contributed by atoms with Crippen LogP contribution in [-0.2, 0) is 5.54 Å². The summed E-state index contributed by atoms with van der Waals surface area (Å²) in [4.78, 5) is 3.08. The predicted octanol–water partition coefficient (Wildman–Crippen LogP) is 2.83. The minimum atomic E-state index is -1.74. The molecule has 8 heteroatoms. The van der Waals surface area contributed by atoms with E-state index in [1.807, 2.05) is 36.4 Å². The Balaban J connectivity index is 1.85. The van der Waals surface area contributed by atoms with Crippen LogP contribution in [0.3, 0.4) is 0 Å². The lowest BCUT2D eigenvalue weighted by atomic mass is 9.76. The van der Waals surface area contributed by atoms with Gasteiger partial charge in [-0.3, -0.25) is 15.1 Å². The van der Waals surface area contributed by atoms with Crippen molar-refractivity contribution in [1.29, 1.82) is 0 Å². The molecule has 2 heterocycles. The highest BCUT2D eigenvalue weighted by atomic mass is 35.5. The number of benzene rings is 2. The molecule has 0 aliphatic carbocycles. The SMILES string of the molecule is CN1CCNC(N2CC[N+](O)(O)C(Cl)(Cl)C2)C1(c1ccccc1)c1ccccc1. The number of rotatable bonds is 3. The van der Waals surface area contributed by atoms with Crippen LogP contribution >= 0.6 is 23.2 Å². The topological polar surface area (TPSA) is 59.0 Å². The maximum Gasteiger partial charge on any atom is 0.323 e. The van der Waals surface area contributed by atoms with Gasteiger partial charge in [0.05, 0.1) is 19.3 Å². The smallest absolute Gasteiger partial charge is 0.298 e. The number of hydrogen-bond acceptors (Lipinski definition) is 5. The van der Waals surface area contributed by atoms with Crippen molar-refractivity contribution in [2.45, 2.75) is 16.2 Å². The van der Waals surface area contributed by atoms with Crippen LogP contribution in [-0.4, -0.2) is 75.4 Å². The number of piperazine rings is 2. The monoisotopic (exact) mass is 437 g/mol. The Morgan fingerprint density at radius 3 is 2.03 bits per heavy atom. The second-order valence-corrected chi connectivity index (χ2v) is 9.31. The molecular weight excluding hydrogens is 411 g/mol. The lowest BCUT2D eigenvalue weighted by Crippen LogP contribution is -2.75. The van der Waals surface area contributed by atoms with Crippen LogP contribution in [0.25, 0.3) is 0 Å². The average Bonchev–Trinajstić information content (AvgIpc) is 2.71. The van der Waals surface area contributed by atoms with Crippen molar-refractivity contribution in [2.24, 2.45) is 0 Å². The van der Waals surface area contributed by atoms with E-state index in [1.54, 1.807) is 0 Å². The first kappa shape index (κ1) is 21.0. The van der Waals surface area contributed by atoms with Crippen molar-refractivity contribution in [3.63, 3.8) is 0 Å². The first-order chi connectivity index (χ1) is 13.8. The standard InChI is InChI=1S/C21H27Cl2N4O2/c1-25-13-12-24-19(26-14-15-27(28,29)20(22,23)16-26)21(25,17-8-4-2-5-9-17)18-10-6-3-7-11-18/h2-11,19,24,28-29H,12-16H2,1H3/q+1. The number of nitrogens with one attached hydrogen (secondary N) is 1. The van der Waals surface area contributed by atoms with Crippen molar-refractivity contribution >= 4 is 23.2 Å². The Hall–Kier alpha value is -1.22. The quantitative estimate of drug-likeness (QED) is 0.391. The van der Waals surface area contributed by atoms with Gasteiger partial charge in [-0.2, -0.15) is 10.4 Å². The Kier molecular flexibility index (Phi) is 5.65. The summed E-state index contributed by atoms with van der Waals surface area (Å²) in [6.07, 6.45) is -0.164. The number of halogens is 2. The normalized spacial score (nSPS) is 26.9. The zero-order chi connectivity index (χ0) is 20.7. The van der Waals surface area contributed by atoms with E-state index in [0.717, 1.165) is 24.2 Å². The average molecular weight is 438 g/mol. The van der Waals surface area contributed by atoms with Gasteiger partial charge in [0.15, 0.2) is 6.54 Å². The summed E-state index contributed by atoms with van der Waals surface area (Å²) >= 11 is 12.7. The maximum atomic E-state index is 10.2. The molecule has 2 aromatic carbocycles. The summed E-state index contributed by atoms with van der Waals surface area (Å²) in [6, 6.07) is 20.8. The summed E-state index contributed by atoms with van der Waals surface area (Å²) in [5.41, 5.74) is 1.81. The van der Waals surface area contributed by atoms with Crippen molar-refractivity contribution in [1.82, 2.24) is 15.1 Å². The molecule has 0 amide bonds. The highest BCUT2D eigenvalue weighted by Crippen LogP contribution is 2.43. The van der Waals surface area contributed by atoms with E-state index in [-0.39, 0.29) is 19.3 Å². The van der Waals surface area contributed by atoms with Gasteiger partial charge < -0.3 is 0 Å². The minimum Gasteiger partial charge on any atom is -0.298 e. The molecule has 2 aromatic rings. The molecule has 0 bridgehead atoms. The number of likely N-dealkylation sites (N-methyl/N-ethyl adjacent to an activating group) is 1. The first-order valence-corrected chi connectivity index (χ1v) is 10.6. The Labute approximate surface area is 181 Å². The highest BCUT2D eigenvalue weighted by Gasteiger charge is 2.58. The number of alkyl halides is 2. The van der Waals surface area contributed by atoms with Crippen LogP contribution in [0.2, 0.25) is 0 Å². The zero-order valence-electron chi connectivity index (χ0n) is 16.4. The molecule has 29 heavy (non-hydrogen) atoms. The summed E-state index contributed by atoms with van der Waals surface area (Å²) in [5, 5.41) is 24.1. The first-order valence-electron chi connectivity index (χ1n) is 9.80. The van der Waals surface area contributed by atoms with Gasteiger partial charge in [-0.1, -0.05) is 60.7 Å². The van der Waals surface area contributed by atoms with E-state index in [9.17, 15) is 10.4 Å². The molecule has 6 nitrogen and oxygen atoms in total. The second kappa shape index (κ2) is 7.80. The molecule has 0 spiro atoms. The van der Waals surface area contributed by atoms with Gasteiger partial charge in [-0.25, -0.2) is 0 Å². The Morgan fingerprint density at radius 1 is 0.966 bits per heavy atom. The molecule has 2 aliphatic heterocycles. The van der Waals surface area contributed by atoms with E-state index >= 15 is 0 Å². The fraction of sp³-hybridized carbons (Fsp3) is 0.429. The largest absolute Gasteiger partial charge is 0.323 e. The van der Waals surface area contributed by atoms with Crippen LogP contribution in [0.1, 0.15) is 11.1 Å². The van der Waals surface area contributed by atoms with Crippen LogP contribution in [0.5, 0.6) is 0 Å². The number of hydroxylamine groups is 4. The maximum absolute atomic E-state index is 10.2. The number of quaternary nitrogens is 1. The van der Waals surface area contributed by atoms with Gasteiger partial charge in [-0.15, -0.1) is 0 Å². The fourth-order valence-corrected chi connectivity index (χ4v) is 5.17. The van der Waals surface area contributed by atoms with E-state index in [0.29, 0.717) is 6.54 Å². The third kappa shape index (κ3) is 3.48. The van der Waals surface area contributed by atoms with Gasteiger partial charge >= 0.3 is 4.46 Å². The van der Waals surface area contributed by atoms with Crippen LogP contribution in [0, 0.1) is 0 Å². The van der Waals surface area contributed by atoms with Crippen molar-refractivity contribution < 1.29 is 15.2 Å². The molecule has 0 saturated carbocycles. The summed E-state index contributed by atoms with van der Waals surface area (Å²) in [6.45, 7) is 2.21. The second-order valence-electron chi connectivity index (χ2n) is 7.87. The third-order valence-corrected chi connectivity index (χ3v) is 6.97. The molecule has 0 radical (unpaired) electrons.